The van der Waals surface area contributed by atoms with E-state index < -0.39 is 0 Å². The molecule has 0 aromatic carbocycles. The lowest BCUT2D eigenvalue weighted by Gasteiger charge is -2.19. The standard InChI is InChI=1S/C14H12N4O2/c19-14(12-8-15-9-20-12)18-13-5-4-10(7-17-13)11-3-1-2-6-16-11/h1-9,13,17H,(H,18,19). The zero-order chi connectivity index (χ0) is 13.8. The van der Waals surface area contributed by atoms with E-state index in [-0.39, 0.29) is 17.8 Å². The number of rotatable bonds is 3. The van der Waals surface area contributed by atoms with Crippen molar-refractivity contribution in [3.8, 4) is 0 Å². The van der Waals surface area contributed by atoms with Crippen molar-refractivity contribution in [3.05, 3.63) is 66.8 Å². The number of nitrogens with zero attached hydrogens (tertiary/aromatic N) is 2. The van der Waals surface area contributed by atoms with Gasteiger partial charge in [-0.25, -0.2) is 4.98 Å². The molecule has 0 bridgehead atoms. The average Bonchev–Trinajstić information content (AvgIpc) is 3.03. The zero-order valence-electron chi connectivity index (χ0n) is 10.5. The van der Waals surface area contributed by atoms with Crippen LogP contribution in [0.1, 0.15) is 16.2 Å². The number of carbonyl (C=O) groups is 1. The van der Waals surface area contributed by atoms with Crippen LogP contribution in [-0.4, -0.2) is 22.0 Å². The Kier molecular flexibility index (Phi) is 3.28. The molecule has 6 heteroatoms. The van der Waals surface area contributed by atoms with Crippen molar-refractivity contribution < 1.29 is 9.21 Å². The van der Waals surface area contributed by atoms with E-state index in [9.17, 15) is 4.79 Å². The Hall–Kier alpha value is -2.89. The Morgan fingerprint density at radius 1 is 1.40 bits per heavy atom. The zero-order valence-corrected chi connectivity index (χ0v) is 10.5. The normalized spacial score (nSPS) is 17.2. The van der Waals surface area contributed by atoms with E-state index in [0.29, 0.717) is 0 Å². The van der Waals surface area contributed by atoms with Gasteiger partial charge in [0.25, 0.3) is 5.91 Å². The Bertz CT molecular complexity index is 647. The van der Waals surface area contributed by atoms with Gasteiger partial charge in [0.1, 0.15) is 6.17 Å². The quantitative estimate of drug-likeness (QED) is 0.877. The molecule has 0 aliphatic carbocycles. The second-order valence-corrected chi connectivity index (χ2v) is 4.16. The molecule has 1 atom stereocenters. The molecule has 2 aromatic rings. The van der Waals surface area contributed by atoms with Gasteiger partial charge in [-0.2, -0.15) is 0 Å². The number of dihydropyridines is 1. The minimum Gasteiger partial charge on any atom is -0.438 e. The fourth-order valence-corrected chi connectivity index (χ4v) is 1.81. The van der Waals surface area contributed by atoms with Gasteiger partial charge in [-0.1, -0.05) is 12.1 Å². The van der Waals surface area contributed by atoms with Crippen LogP contribution in [-0.2, 0) is 0 Å². The van der Waals surface area contributed by atoms with Crippen LogP contribution in [0.15, 0.2) is 59.8 Å². The first-order valence-corrected chi connectivity index (χ1v) is 6.08. The SMILES string of the molecule is O=C(NC1C=CC(c2ccccn2)=CN1)c1cnco1. The lowest BCUT2D eigenvalue weighted by molar-refractivity contribution is 0.0913. The lowest BCUT2D eigenvalue weighted by atomic mass is 10.1. The molecule has 3 heterocycles. The largest absolute Gasteiger partial charge is 0.438 e. The fraction of sp³-hybridized carbons (Fsp3) is 0.0714. The third-order valence-electron chi connectivity index (χ3n) is 2.79. The highest BCUT2D eigenvalue weighted by Crippen LogP contribution is 2.14. The van der Waals surface area contributed by atoms with Crippen LogP contribution >= 0.6 is 0 Å². The summed E-state index contributed by atoms with van der Waals surface area (Å²) in [4.78, 5) is 19.7. The van der Waals surface area contributed by atoms with Gasteiger partial charge in [0.15, 0.2) is 6.39 Å². The van der Waals surface area contributed by atoms with Gasteiger partial charge in [0.05, 0.1) is 11.9 Å². The van der Waals surface area contributed by atoms with Crippen molar-refractivity contribution in [1.29, 1.82) is 0 Å². The molecule has 0 spiro atoms. The Morgan fingerprint density at radius 3 is 3.00 bits per heavy atom. The van der Waals surface area contributed by atoms with Crippen LogP contribution in [0, 0.1) is 0 Å². The van der Waals surface area contributed by atoms with Gasteiger partial charge in [0, 0.05) is 18.0 Å². The predicted molar refractivity (Wildman–Crippen MR) is 72.2 cm³/mol. The second kappa shape index (κ2) is 5.40. The topological polar surface area (TPSA) is 80.0 Å². The van der Waals surface area contributed by atoms with Crippen LogP contribution < -0.4 is 10.6 Å². The third kappa shape index (κ3) is 2.59. The second-order valence-electron chi connectivity index (χ2n) is 4.16. The van der Waals surface area contributed by atoms with Crippen LogP contribution in [0.5, 0.6) is 0 Å². The van der Waals surface area contributed by atoms with Crippen molar-refractivity contribution in [3.63, 3.8) is 0 Å². The van der Waals surface area contributed by atoms with E-state index in [0.717, 1.165) is 11.3 Å². The van der Waals surface area contributed by atoms with E-state index in [1.165, 1.54) is 12.6 Å². The van der Waals surface area contributed by atoms with Crippen LogP contribution in [0.4, 0.5) is 0 Å². The van der Waals surface area contributed by atoms with Gasteiger partial charge in [0.2, 0.25) is 5.76 Å². The minimum atomic E-state index is -0.320. The number of aromatic nitrogens is 2. The summed E-state index contributed by atoms with van der Waals surface area (Å²) in [6, 6.07) is 5.71. The molecule has 0 saturated heterocycles. The molecule has 0 radical (unpaired) electrons. The summed E-state index contributed by atoms with van der Waals surface area (Å²) in [6.45, 7) is 0. The fourth-order valence-electron chi connectivity index (χ4n) is 1.81. The number of pyridine rings is 1. The van der Waals surface area contributed by atoms with Crippen LogP contribution in [0.3, 0.4) is 0 Å². The number of allylic oxidation sites excluding steroid dienone is 2. The summed E-state index contributed by atoms with van der Waals surface area (Å²) >= 11 is 0. The molecular weight excluding hydrogens is 256 g/mol. The number of hydrogen-bond acceptors (Lipinski definition) is 5. The van der Waals surface area contributed by atoms with Crippen molar-refractivity contribution >= 4 is 11.5 Å². The first kappa shape index (κ1) is 12.2. The molecule has 0 saturated carbocycles. The monoisotopic (exact) mass is 268 g/mol. The Balaban J connectivity index is 1.63. The summed E-state index contributed by atoms with van der Waals surface area (Å²) < 4.78 is 4.93. The smallest absolute Gasteiger partial charge is 0.290 e. The highest BCUT2D eigenvalue weighted by Gasteiger charge is 2.15. The maximum Gasteiger partial charge on any atom is 0.290 e. The maximum atomic E-state index is 11.8. The molecule has 6 nitrogen and oxygen atoms in total. The predicted octanol–water partition coefficient (Wildman–Crippen LogP) is 1.33. The molecule has 20 heavy (non-hydrogen) atoms. The number of hydrogen-bond donors (Lipinski definition) is 2. The highest BCUT2D eigenvalue weighted by molar-refractivity contribution is 5.91. The number of amides is 1. The first-order valence-electron chi connectivity index (χ1n) is 6.08. The minimum absolute atomic E-state index is 0.180. The lowest BCUT2D eigenvalue weighted by Crippen LogP contribution is -2.42. The molecule has 100 valence electrons. The summed E-state index contributed by atoms with van der Waals surface area (Å²) in [6.07, 6.45) is 9.60. The maximum absolute atomic E-state index is 11.8. The molecule has 3 rings (SSSR count). The van der Waals surface area contributed by atoms with Crippen molar-refractivity contribution in [1.82, 2.24) is 20.6 Å². The van der Waals surface area contributed by atoms with E-state index in [1.54, 1.807) is 6.20 Å². The average molecular weight is 268 g/mol. The summed E-state index contributed by atoms with van der Waals surface area (Å²) in [5.74, 6) is -0.140. The van der Waals surface area contributed by atoms with E-state index in [1.807, 2.05) is 36.6 Å². The molecule has 1 aliphatic heterocycles. The Morgan fingerprint density at radius 2 is 2.35 bits per heavy atom. The highest BCUT2D eigenvalue weighted by atomic mass is 16.3. The summed E-state index contributed by atoms with van der Waals surface area (Å²) in [5, 5.41) is 5.84. The Labute approximate surface area is 115 Å². The van der Waals surface area contributed by atoms with E-state index in [4.69, 9.17) is 4.42 Å². The molecule has 1 aliphatic rings. The van der Waals surface area contributed by atoms with Gasteiger partial charge in [-0.05, 0) is 18.2 Å². The van der Waals surface area contributed by atoms with Crippen molar-refractivity contribution in [2.75, 3.05) is 0 Å². The summed E-state index contributed by atoms with van der Waals surface area (Å²) in [7, 11) is 0. The number of oxazole rings is 1. The number of nitrogens with one attached hydrogen (secondary N) is 2. The molecule has 1 amide bonds. The third-order valence-corrected chi connectivity index (χ3v) is 2.79. The summed E-state index contributed by atoms with van der Waals surface area (Å²) in [5.41, 5.74) is 1.83. The van der Waals surface area contributed by atoms with Gasteiger partial charge in [-0.3, -0.25) is 9.78 Å². The van der Waals surface area contributed by atoms with Gasteiger partial charge >= 0.3 is 0 Å². The van der Waals surface area contributed by atoms with E-state index in [2.05, 4.69) is 20.6 Å². The number of carbonyl (C=O) groups excluding carboxylic acids is 1. The molecule has 1 unspecified atom stereocenters. The first-order chi connectivity index (χ1) is 9.83. The molecular formula is C14H12N4O2. The van der Waals surface area contributed by atoms with Crippen molar-refractivity contribution in [2.24, 2.45) is 0 Å². The van der Waals surface area contributed by atoms with E-state index >= 15 is 0 Å². The molecule has 0 fully saturated rings. The van der Waals surface area contributed by atoms with Crippen LogP contribution in [0.25, 0.3) is 5.57 Å². The van der Waals surface area contributed by atoms with Crippen LogP contribution in [0.2, 0.25) is 0 Å². The van der Waals surface area contributed by atoms with Gasteiger partial charge < -0.3 is 15.1 Å². The molecule has 2 N–H and O–H groups in total. The molecule has 2 aromatic heterocycles. The van der Waals surface area contributed by atoms with Crippen molar-refractivity contribution in [2.45, 2.75) is 6.17 Å². The van der Waals surface area contributed by atoms with Gasteiger partial charge in [-0.15, -0.1) is 0 Å².